The minimum Gasteiger partial charge on any atom is -0.322 e. The highest BCUT2D eigenvalue weighted by atomic mass is 16.8. The Labute approximate surface area is 141 Å². The van der Waals surface area contributed by atoms with Gasteiger partial charge in [0, 0.05) is 18.7 Å². The number of nitrogens with zero attached hydrogens (tertiary/aromatic N) is 2. The van der Waals surface area contributed by atoms with E-state index >= 15 is 0 Å². The fourth-order valence-electron chi connectivity index (χ4n) is 4.34. The summed E-state index contributed by atoms with van der Waals surface area (Å²) in [5.74, 6) is 0. The van der Waals surface area contributed by atoms with Gasteiger partial charge in [-0.3, -0.25) is 0 Å². The maximum Gasteiger partial charge on any atom is 0.346 e. The Kier molecular flexibility index (Phi) is 2.98. The molecule has 2 saturated heterocycles. The zero-order chi connectivity index (χ0) is 16.1. The molecule has 4 nitrogen and oxygen atoms in total. The van der Waals surface area contributed by atoms with Gasteiger partial charge in [0.05, 0.1) is 0 Å². The first-order chi connectivity index (χ1) is 11.7. The van der Waals surface area contributed by atoms with Crippen LogP contribution in [0.4, 0.5) is 4.79 Å². The van der Waals surface area contributed by atoms with Gasteiger partial charge in [0.15, 0.2) is 0 Å². The molecule has 122 valence electrons. The predicted octanol–water partition coefficient (Wildman–Crippen LogP) is 3.54. The lowest BCUT2D eigenvalue weighted by Crippen LogP contribution is -2.35. The van der Waals surface area contributed by atoms with Gasteiger partial charge >= 0.3 is 6.03 Å². The van der Waals surface area contributed by atoms with Gasteiger partial charge in [-0.15, -0.1) is 0 Å². The summed E-state index contributed by atoms with van der Waals surface area (Å²) in [5, 5.41) is 1.51. The molecule has 2 heterocycles. The Balaban J connectivity index is 1.27. The highest BCUT2D eigenvalue weighted by Crippen LogP contribution is 2.45. The van der Waals surface area contributed by atoms with Crippen molar-refractivity contribution >= 4 is 6.03 Å². The molecule has 4 heteroatoms. The summed E-state index contributed by atoms with van der Waals surface area (Å²) < 4.78 is 0. The Morgan fingerprint density at radius 1 is 1.00 bits per heavy atom. The summed E-state index contributed by atoms with van der Waals surface area (Å²) in [6.45, 7) is 1.66. The molecule has 2 aromatic rings. The standard InChI is InChI=1S/C20H20N2O2/c23-19(22-18(24-22)15-6-2-1-3-7-15)21-11-10-20(14-21)12-16-8-4-5-9-17(16)13-20/h1-9,18H,10-14H2. The van der Waals surface area contributed by atoms with E-state index in [4.69, 9.17) is 4.84 Å². The van der Waals surface area contributed by atoms with Crippen molar-refractivity contribution in [2.45, 2.75) is 25.5 Å². The van der Waals surface area contributed by atoms with Crippen molar-refractivity contribution in [3.63, 3.8) is 0 Å². The molecule has 5 rings (SSSR count). The zero-order valence-electron chi connectivity index (χ0n) is 13.5. The lowest BCUT2D eigenvalue weighted by atomic mass is 9.84. The average Bonchev–Trinajstić information content (AvgIpc) is 3.19. The number of urea groups is 1. The molecule has 0 aromatic heterocycles. The Bertz CT molecular complexity index is 764. The summed E-state index contributed by atoms with van der Waals surface area (Å²) in [6, 6.07) is 18.6. The van der Waals surface area contributed by atoms with Gasteiger partial charge < -0.3 is 4.90 Å². The third-order valence-electron chi connectivity index (χ3n) is 5.61. The van der Waals surface area contributed by atoms with Crippen LogP contribution in [0.1, 0.15) is 29.3 Å². The van der Waals surface area contributed by atoms with E-state index in [-0.39, 0.29) is 17.7 Å². The van der Waals surface area contributed by atoms with E-state index in [9.17, 15) is 4.79 Å². The van der Waals surface area contributed by atoms with Crippen molar-refractivity contribution in [3.05, 3.63) is 71.3 Å². The largest absolute Gasteiger partial charge is 0.346 e. The average molecular weight is 320 g/mol. The van der Waals surface area contributed by atoms with E-state index in [0.29, 0.717) is 0 Å². The van der Waals surface area contributed by atoms with Crippen molar-refractivity contribution in [1.82, 2.24) is 9.96 Å². The summed E-state index contributed by atoms with van der Waals surface area (Å²) in [7, 11) is 0. The van der Waals surface area contributed by atoms with Crippen LogP contribution in [0, 0.1) is 5.41 Å². The van der Waals surface area contributed by atoms with E-state index < -0.39 is 0 Å². The lowest BCUT2D eigenvalue weighted by molar-refractivity contribution is 0.141. The second-order valence-electron chi connectivity index (χ2n) is 7.27. The van der Waals surface area contributed by atoms with Crippen molar-refractivity contribution in [2.24, 2.45) is 5.41 Å². The van der Waals surface area contributed by atoms with Crippen molar-refractivity contribution in [1.29, 1.82) is 0 Å². The quantitative estimate of drug-likeness (QED) is 0.754. The topological polar surface area (TPSA) is 35.9 Å². The van der Waals surface area contributed by atoms with Crippen LogP contribution in [-0.2, 0) is 17.7 Å². The van der Waals surface area contributed by atoms with Crippen LogP contribution in [0.25, 0.3) is 0 Å². The first-order valence-corrected chi connectivity index (χ1v) is 8.61. The van der Waals surface area contributed by atoms with Crippen LogP contribution >= 0.6 is 0 Å². The molecule has 1 spiro atoms. The Morgan fingerprint density at radius 2 is 1.67 bits per heavy atom. The molecule has 0 radical (unpaired) electrons. The number of rotatable bonds is 1. The minimum atomic E-state index is -0.212. The SMILES string of the molecule is O=C(N1CCC2(Cc3ccccc3C2)C1)N1OC1c1ccccc1. The highest BCUT2D eigenvalue weighted by molar-refractivity contribution is 5.75. The fourth-order valence-corrected chi connectivity index (χ4v) is 4.34. The van der Waals surface area contributed by atoms with Crippen LogP contribution in [0.3, 0.4) is 0 Å². The first kappa shape index (κ1) is 14.1. The van der Waals surface area contributed by atoms with Crippen LogP contribution in [0.2, 0.25) is 0 Å². The Hall–Kier alpha value is -2.33. The molecule has 0 saturated carbocycles. The van der Waals surface area contributed by atoms with Gasteiger partial charge in [0.2, 0.25) is 6.23 Å². The maximum atomic E-state index is 12.7. The van der Waals surface area contributed by atoms with Crippen LogP contribution < -0.4 is 0 Å². The molecular weight excluding hydrogens is 300 g/mol. The smallest absolute Gasteiger partial charge is 0.322 e. The van der Waals surface area contributed by atoms with E-state index in [1.54, 1.807) is 0 Å². The van der Waals surface area contributed by atoms with Gasteiger partial charge in [-0.25, -0.2) is 9.63 Å². The van der Waals surface area contributed by atoms with Crippen molar-refractivity contribution < 1.29 is 9.63 Å². The number of hydrogen-bond acceptors (Lipinski definition) is 2. The van der Waals surface area contributed by atoms with Crippen LogP contribution in [-0.4, -0.2) is 29.1 Å². The van der Waals surface area contributed by atoms with Crippen LogP contribution in [0.15, 0.2) is 54.6 Å². The summed E-state index contributed by atoms with van der Waals surface area (Å²) in [5.41, 5.74) is 4.18. The van der Waals surface area contributed by atoms with Crippen molar-refractivity contribution in [3.8, 4) is 0 Å². The number of hydroxylamine groups is 2. The molecule has 2 amide bonds. The van der Waals surface area contributed by atoms with E-state index in [1.807, 2.05) is 35.2 Å². The maximum absolute atomic E-state index is 12.7. The van der Waals surface area contributed by atoms with Gasteiger partial charge in [-0.1, -0.05) is 54.6 Å². The third kappa shape index (κ3) is 2.21. The number of hydrogen-bond donors (Lipinski definition) is 0. The molecule has 2 aliphatic heterocycles. The van der Waals surface area contributed by atoms with Gasteiger partial charge in [0.25, 0.3) is 0 Å². The Morgan fingerprint density at radius 3 is 2.38 bits per heavy atom. The number of carbonyl (C=O) groups excluding carboxylic acids is 1. The third-order valence-corrected chi connectivity index (χ3v) is 5.61. The molecule has 2 aromatic carbocycles. The number of carbonyl (C=O) groups is 1. The monoisotopic (exact) mass is 320 g/mol. The van der Waals surface area contributed by atoms with E-state index in [2.05, 4.69) is 24.3 Å². The molecule has 0 bridgehead atoms. The molecule has 24 heavy (non-hydrogen) atoms. The van der Waals surface area contributed by atoms with Gasteiger partial charge in [0.1, 0.15) is 0 Å². The molecule has 2 fully saturated rings. The second-order valence-corrected chi connectivity index (χ2v) is 7.27. The molecule has 1 aliphatic carbocycles. The summed E-state index contributed by atoms with van der Waals surface area (Å²) in [6.07, 6.45) is 3.05. The van der Waals surface area contributed by atoms with E-state index in [1.165, 1.54) is 16.2 Å². The number of likely N-dealkylation sites (tertiary alicyclic amines) is 1. The highest BCUT2D eigenvalue weighted by Gasteiger charge is 2.50. The fraction of sp³-hybridized carbons (Fsp3) is 0.350. The summed E-state index contributed by atoms with van der Waals surface area (Å²) >= 11 is 0. The van der Waals surface area contributed by atoms with Crippen molar-refractivity contribution in [2.75, 3.05) is 13.1 Å². The van der Waals surface area contributed by atoms with Gasteiger partial charge in [-0.05, 0) is 35.8 Å². The first-order valence-electron chi connectivity index (χ1n) is 8.61. The minimum absolute atomic E-state index is 0.0108. The lowest BCUT2D eigenvalue weighted by Gasteiger charge is -2.23. The molecular formula is C20H20N2O2. The molecule has 1 unspecified atom stereocenters. The number of fused-ring (bicyclic) bond motifs is 1. The summed E-state index contributed by atoms with van der Waals surface area (Å²) in [4.78, 5) is 20.2. The predicted molar refractivity (Wildman–Crippen MR) is 90.0 cm³/mol. The second kappa shape index (κ2) is 5.08. The molecule has 0 N–H and O–H groups in total. The number of amides is 2. The normalized spacial score (nSPS) is 23.6. The molecule has 3 aliphatic rings. The van der Waals surface area contributed by atoms with E-state index in [0.717, 1.165) is 37.9 Å². The van der Waals surface area contributed by atoms with Gasteiger partial charge in [-0.2, -0.15) is 5.06 Å². The number of benzene rings is 2. The van der Waals surface area contributed by atoms with Crippen LogP contribution in [0.5, 0.6) is 0 Å². The zero-order valence-corrected chi connectivity index (χ0v) is 13.5. The molecule has 1 atom stereocenters.